The Labute approximate surface area is 160 Å². The first kappa shape index (κ1) is 18.0. The van der Waals surface area contributed by atoms with Crippen molar-refractivity contribution >= 4 is 17.3 Å². The number of piperazine rings is 1. The molecule has 4 nitrogen and oxygen atoms in total. The summed E-state index contributed by atoms with van der Waals surface area (Å²) in [4.78, 5) is 15.8. The molecule has 1 saturated heterocycles. The van der Waals surface area contributed by atoms with Crippen molar-refractivity contribution in [2.45, 2.75) is 25.7 Å². The average molecular weight is 368 g/mol. The molecule has 2 aromatic rings. The fraction of sp³-hybridized carbons (Fsp3) is 0.409. The second-order valence-electron chi connectivity index (χ2n) is 7.57. The van der Waals surface area contributed by atoms with Gasteiger partial charge in [0.2, 0.25) is 5.91 Å². The number of quaternary nitrogens is 1. The van der Waals surface area contributed by atoms with Crippen LogP contribution < -0.4 is 15.1 Å². The molecular formula is C22H27FN3O+. The highest BCUT2D eigenvalue weighted by Gasteiger charge is 2.22. The number of fused-ring (bicyclic) bond motifs is 1. The Kier molecular flexibility index (Phi) is 5.39. The van der Waals surface area contributed by atoms with Crippen LogP contribution in [0.25, 0.3) is 0 Å². The maximum atomic E-state index is 13.9. The molecule has 0 spiro atoms. The quantitative estimate of drug-likeness (QED) is 0.848. The predicted octanol–water partition coefficient (Wildman–Crippen LogP) is 2.05. The van der Waals surface area contributed by atoms with E-state index in [1.54, 1.807) is 6.07 Å². The fourth-order valence-corrected chi connectivity index (χ4v) is 4.19. The minimum atomic E-state index is -0.158. The van der Waals surface area contributed by atoms with Crippen LogP contribution in [-0.4, -0.2) is 38.6 Å². The molecule has 0 saturated carbocycles. The maximum absolute atomic E-state index is 13.9. The Morgan fingerprint density at radius 3 is 2.67 bits per heavy atom. The highest BCUT2D eigenvalue weighted by Crippen LogP contribution is 2.24. The molecule has 2 N–H and O–H groups in total. The number of rotatable bonds is 5. The van der Waals surface area contributed by atoms with Gasteiger partial charge in [-0.15, -0.1) is 0 Å². The fourth-order valence-electron chi connectivity index (χ4n) is 4.19. The second-order valence-corrected chi connectivity index (χ2v) is 7.57. The van der Waals surface area contributed by atoms with Gasteiger partial charge in [-0.05, 0) is 54.7 Å². The Morgan fingerprint density at radius 1 is 1.07 bits per heavy atom. The molecule has 0 atom stereocenters. The number of anilines is 2. The third kappa shape index (κ3) is 4.30. The van der Waals surface area contributed by atoms with Crippen molar-refractivity contribution in [2.75, 3.05) is 42.9 Å². The van der Waals surface area contributed by atoms with Gasteiger partial charge in [0.15, 0.2) is 0 Å². The van der Waals surface area contributed by atoms with E-state index in [2.05, 4.69) is 22.3 Å². The lowest BCUT2D eigenvalue weighted by Crippen LogP contribution is -3.15. The first-order valence-electron chi connectivity index (χ1n) is 9.94. The number of halogens is 1. The van der Waals surface area contributed by atoms with Crippen LogP contribution in [0, 0.1) is 5.82 Å². The zero-order valence-electron chi connectivity index (χ0n) is 15.6. The van der Waals surface area contributed by atoms with Gasteiger partial charge in [-0.3, -0.25) is 4.79 Å². The lowest BCUT2D eigenvalue weighted by molar-refractivity contribution is -0.900. The lowest BCUT2D eigenvalue weighted by Gasteiger charge is -2.33. The molecule has 1 aliphatic carbocycles. The topological polar surface area (TPSA) is 36.8 Å². The Bertz CT molecular complexity index is 815. The van der Waals surface area contributed by atoms with Crippen LogP contribution in [0.15, 0.2) is 42.5 Å². The summed E-state index contributed by atoms with van der Waals surface area (Å²) in [5, 5.41) is 3.04. The molecule has 1 aliphatic heterocycles. The summed E-state index contributed by atoms with van der Waals surface area (Å²) in [5.41, 5.74) is 4.40. The molecule has 1 amide bonds. The maximum Gasteiger partial charge on any atom is 0.230 e. The van der Waals surface area contributed by atoms with Gasteiger partial charge in [-0.25, -0.2) is 4.39 Å². The van der Waals surface area contributed by atoms with E-state index in [0.29, 0.717) is 12.1 Å². The zero-order valence-corrected chi connectivity index (χ0v) is 15.6. The van der Waals surface area contributed by atoms with Gasteiger partial charge < -0.3 is 15.1 Å². The molecule has 0 unspecified atom stereocenters. The van der Waals surface area contributed by atoms with E-state index in [9.17, 15) is 9.18 Å². The first-order chi connectivity index (χ1) is 13.2. The van der Waals surface area contributed by atoms with E-state index in [-0.39, 0.29) is 11.7 Å². The number of nitrogens with zero attached hydrogens (tertiary/aromatic N) is 1. The van der Waals surface area contributed by atoms with Crippen molar-refractivity contribution in [3.05, 3.63) is 59.4 Å². The van der Waals surface area contributed by atoms with E-state index < -0.39 is 0 Å². The van der Waals surface area contributed by atoms with Crippen molar-refractivity contribution in [1.29, 1.82) is 0 Å². The van der Waals surface area contributed by atoms with Gasteiger partial charge in [0.05, 0.1) is 44.8 Å². The van der Waals surface area contributed by atoms with Crippen LogP contribution in [0.2, 0.25) is 0 Å². The molecule has 0 radical (unpaired) electrons. The van der Waals surface area contributed by atoms with Crippen LogP contribution in [0.1, 0.15) is 24.0 Å². The Hall–Kier alpha value is -2.40. The molecule has 2 aromatic carbocycles. The monoisotopic (exact) mass is 368 g/mol. The summed E-state index contributed by atoms with van der Waals surface area (Å²) >= 11 is 0. The van der Waals surface area contributed by atoms with Crippen LogP contribution in [0.4, 0.5) is 15.8 Å². The predicted molar refractivity (Wildman–Crippen MR) is 106 cm³/mol. The lowest BCUT2D eigenvalue weighted by atomic mass is 10.1. The standard InChI is InChI=1S/C22H26FN3O/c23-20-6-1-2-7-21(20)26-14-12-25(13-15-26)11-10-22(27)24-19-9-8-17-4-3-5-18(17)16-19/h1-2,6-9,16H,3-5,10-15H2,(H,24,27)/p+1. The van der Waals surface area contributed by atoms with Crippen LogP contribution in [-0.2, 0) is 17.6 Å². The van der Waals surface area contributed by atoms with Crippen molar-refractivity contribution in [2.24, 2.45) is 0 Å². The number of para-hydroxylation sites is 1. The van der Waals surface area contributed by atoms with Gasteiger partial charge in [-0.2, -0.15) is 0 Å². The van der Waals surface area contributed by atoms with E-state index in [1.165, 1.54) is 28.5 Å². The molecule has 0 bridgehead atoms. The summed E-state index contributed by atoms with van der Waals surface area (Å²) in [5.74, 6) is -0.0772. The second kappa shape index (κ2) is 8.09. The summed E-state index contributed by atoms with van der Waals surface area (Å²) in [7, 11) is 0. The highest BCUT2D eigenvalue weighted by atomic mass is 19.1. The number of amides is 1. The molecule has 1 fully saturated rings. The number of aryl methyl sites for hydroxylation is 2. The van der Waals surface area contributed by atoms with Gasteiger partial charge in [0, 0.05) is 5.69 Å². The molecule has 1 heterocycles. The third-order valence-corrected chi connectivity index (χ3v) is 5.75. The van der Waals surface area contributed by atoms with Gasteiger partial charge in [-0.1, -0.05) is 18.2 Å². The molecule has 2 aliphatic rings. The van der Waals surface area contributed by atoms with E-state index in [4.69, 9.17) is 0 Å². The van der Waals surface area contributed by atoms with Crippen LogP contribution >= 0.6 is 0 Å². The number of carbonyl (C=O) groups excluding carboxylic acids is 1. The number of hydrogen-bond donors (Lipinski definition) is 2. The minimum absolute atomic E-state index is 0.0805. The number of benzene rings is 2. The minimum Gasteiger partial charge on any atom is -0.358 e. The van der Waals surface area contributed by atoms with Gasteiger partial charge >= 0.3 is 0 Å². The van der Waals surface area contributed by atoms with Crippen molar-refractivity contribution in [3.8, 4) is 0 Å². The Balaban J connectivity index is 1.23. The van der Waals surface area contributed by atoms with Crippen molar-refractivity contribution < 1.29 is 14.1 Å². The third-order valence-electron chi connectivity index (χ3n) is 5.75. The number of nitrogens with one attached hydrogen (secondary N) is 2. The molecule has 4 rings (SSSR count). The Morgan fingerprint density at radius 2 is 1.85 bits per heavy atom. The van der Waals surface area contributed by atoms with Gasteiger partial charge in [0.1, 0.15) is 5.82 Å². The highest BCUT2D eigenvalue weighted by molar-refractivity contribution is 5.90. The van der Waals surface area contributed by atoms with E-state index in [0.717, 1.165) is 51.3 Å². The molecule has 27 heavy (non-hydrogen) atoms. The number of hydrogen-bond acceptors (Lipinski definition) is 2. The smallest absolute Gasteiger partial charge is 0.230 e. The number of carbonyl (C=O) groups is 1. The summed E-state index contributed by atoms with van der Waals surface area (Å²) in [6.45, 7) is 4.33. The largest absolute Gasteiger partial charge is 0.358 e. The molecule has 142 valence electrons. The zero-order chi connectivity index (χ0) is 18.6. The summed E-state index contributed by atoms with van der Waals surface area (Å²) in [6, 6.07) is 13.2. The summed E-state index contributed by atoms with van der Waals surface area (Å²) in [6.07, 6.45) is 4.02. The average Bonchev–Trinajstić information content (AvgIpc) is 3.15. The molecule has 5 heteroatoms. The molecule has 0 aromatic heterocycles. The molecular weight excluding hydrogens is 341 g/mol. The van der Waals surface area contributed by atoms with Crippen molar-refractivity contribution in [1.82, 2.24) is 0 Å². The van der Waals surface area contributed by atoms with Crippen LogP contribution in [0.5, 0.6) is 0 Å². The van der Waals surface area contributed by atoms with Crippen LogP contribution in [0.3, 0.4) is 0 Å². The first-order valence-corrected chi connectivity index (χ1v) is 9.94. The van der Waals surface area contributed by atoms with E-state index in [1.807, 2.05) is 18.2 Å². The summed E-state index contributed by atoms with van der Waals surface area (Å²) < 4.78 is 13.9. The van der Waals surface area contributed by atoms with Gasteiger partial charge in [0.25, 0.3) is 0 Å². The SMILES string of the molecule is O=C(CC[NH+]1CCN(c2ccccc2F)CC1)Nc1ccc2c(c1)CCC2. The van der Waals surface area contributed by atoms with E-state index >= 15 is 0 Å². The normalized spacial score (nSPS) is 17.0. The van der Waals surface area contributed by atoms with Crippen molar-refractivity contribution in [3.63, 3.8) is 0 Å².